The lowest BCUT2D eigenvalue weighted by Crippen LogP contribution is -2.24. The number of carbonyl (C=O) groups excluding carboxylic acids is 1. The number of carbonyl (C=O) groups is 1. The Hall–Kier alpha value is -3.07. The predicted octanol–water partition coefficient (Wildman–Crippen LogP) is 5.14. The minimum absolute atomic E-state index is 0.0197. The molecule has 0 aliphatic heterocycles. The quantitative estimate of drug-likeness (QED) is 0.538. The van der Waals surface area contributed by atoms with Crippen molar-refractivity contribution in [3.8, 4) is 17.0 Å². The van der Waals surface area contributed by atoms with Gasteiger partial charge >= 0.3 is 6.18 Å². The normalized spacial score (nSPS) is 13.8. The standard InChI is InChI=1S/C21H17ClF3N3O3/c22-14-5-3-13(4-6-14)19-18(30-11-21(23,24)25)8-7-16(27-19)20(29)26-10-15-9-17(28-31-15)12-1-2-12/h3-9,12H,1-2,10-11H2,(H,26,29). The van der Waals surface area contributed by atoms with Crippen LogP contribution in [0.1, 0.15) is 40.7 Å². The molecule has 0 spiro atoms. The molecule has 3 aromatic rings. The number of alkyl halides is 3. The van der Waals surface area contributed by atoms with Crippen molar-refractivity contribution in [2.75, 3.05) is 6.61 Å². The summed E-state index contributed by atoms with van der Waals surface area (Å²) in [5.41, 5.74) is 1.45. The second-order valence-electron chi connectivity index (χ2n) is 7.13. The lowest BCUT2D eigenvalue weighted by Gasteiger charge is -2.14. The van der Waals surface area contributed by atoms with Gasteiger partial charge in [0.05, 0.1) is 12.2 Å². The highest BCUT2D eigenvalue weighted by molar-refractivity contribution is 6.30. The van der Waals surface area contributed by atoms with Gasteiger partial charge in [-0.1, -0.05) is 28.9 Å². The van der Waals surface area contributed by atoms with E-state index < -0.39 is 18.7 Å². The molecule has 31 heavy (non-hydrogen) atoms. The minimum Gasteiger partial charge on any atom is -0.482 e. The molecule has 0 atom stereocenters. The van der Waals surface area contributed by atoms with Gasteiger partial charge in [0.2, 0.25) is 0 Å². The summed E-state index contributed by atoms with van der Waals surface area (Å²) in [6, 6.07) is 10.7. The second kappa shape index (κ2) is 8.58. The average molecular weight is 452 g/mol. The number of halogens is 4. The van der Waals surface area contributed by atoms with E-state index in [0.717, 1.165) is 18.5 Å². The smallest absolute Gasteiger partial charge is 0.422 e. The van der Waals surface area contributed by atoms with Gasteiger partial charge in [-0.3, -0.25) is 4.79 Å². The molecule has 1 aliphatic rings. The molecular weight excluding hydrogens is 435 g/mol. The molecule has 4 rings (SSSR count). The van der Waals surface area contributed by atoms with Crippen LogP contribution >= 0.6 is 11.6 Å². The number of hydrogen-bond donors (Lipinski definition) is 1. The molecule has 10 heteroatoms. The van der Waals surface area contributed by atoms with E-state index in [0.29, 0.717) is 22.3 Å². The first-order valence-electron chi connectivity index (χ1n) is 9.49. The Labute approximate surface area is 180 Å². The number of hydrogen-bond acceptors (Lipinski definition) is 5. The number of amides is 1. The number of aromatic nitrogens is 2. The molecule has 1 N–H and O–H groups in total. The van der Waals surface area contributed by atoms with E-state index in [1.807, 2.05) is 0 Å². The number of pyridine rings is 1. The highest BCUT2D eigenvalue weighted by atomic mass is 35.5. The maximum absolute atomic E-state index is 12.6. The van der Waals surface area contributed by atoms with Gasteiger partial charge in [0, 0.05) is 22.6 Å². The maximum atomic E-state index is 12.6. The van der Waals surface area contributed by atoms with Gasteiger partial charge in [-0.25, -0.2) is 4.98 Å². The van der Waals surface area contributed by atoms with Gasteiger partial charge in [-0.2, -0.15) is 13.2 Å². The highest BCUT2D eigenvalue weighted by Gasteiger charge is 2.29. The van der Waals surface area contributed by atoms with E-state index in [1.165, 1.54) is 12.1 Å². The minimum atomic E-state index is -4.51. The summed E-state index contributed by atoms with van der Waals surface area (Å²) in [4.78, 5) is 16.8. The SMILES string of the molecule is O=C(NCc1cc(C2CC2)no1)c1ccc(OCC(F)(F)F)c(-c2ccc(Cl)cc2)n1. The number of nitrogens with zero attached hydrogens (tertiary/aromatic N) is 2. The molecule has 0 unspecified atom stereocenters. The van der Waals surface area contributed by atoms with Crippen molar-refractivity contribution in [1.29, 1.82) is 0 Å². The van der Waals surface area contributed by atoms with E-state index in [9.17, 15) is 18.0 Å². The maximum Gasteiger partial charge on any atom is 0.422 e. The van der Waals surface area contributed by atoms with Crippen LogP contribution in [0, 0.1) is 0 Å². The molecule has 2 aromatic heterocycles. The number of rotatable bonds is 7. The molecule has 0 saturated heterocycles. The summed E-state index contributed by atoms with van der Waals surface area (Å²) >= 11 is 5.89. The zero-order valence-electron chi connectivity index (χ0n) is 16.1. The topological polar surface area (TPSA) is 77.2 Å². The Bertz CT molecular complexity index is 1080. The molecule has 0 radical (unpaired) electrons. The molecule has 1 aromatic carbocycles. The Morgan fingerprint density at radius 3 is 2.61 bits per heavy atom. The van der Waals surface area contributed by atoms with E-state index in [1.54, 1.807) is 30.3 Å². The molecular formula is C21H17ClF3N3O3. The van der Waals surface area contributed by atoms with Crippen molar-refractivity contribution >= 4 is 17.5 Å². The van der Waals surface area contributed by atoms with Gasteiger partial charge in [-0.15, -0.1) is 0 Å². The lowest BCUT2D eigenvalue weighted by molar-refractivity contribution is -0.153. The van der Waals surface area contributed by atoms with Crippen molar-refractivity contribution in [3.05, 3.63) is 64.6 Å². The fraction of sp³-hybridized carbons (Fsp3) is 0.286. The summed E-state index contributed by atoms with van der Waals surface area (Å²) in [7, 11) is 0. The first kappa shape index (κ1) is 21.2. The fourth-order valence-corrected chi connectivity index (χ4v) is 3.03. The van der Waals surface area contributed by atoms with Crippen LogP contribution in [0.15, 0.2) is 47.0 Å². The highest BCUT2D eigenvalue weighted by Crippen LogP contribution is 2.39. The van der Waals surface area contributed by atoms with E-state index in [2.05, 4.69) is 15.5 Å². The summed E-state index contributed by atoms with van der Waals surface area (Å²) < 4.78 is 48.0. The van der Waals surface area contributed by atoms with Crippen molar-refractivity contribution in [2.45, 2.75) is 31.5 Å². The third kappa shape index (κ3) is 5.55. The third-order valence-corrected chi connectivity index (χ3v) is 4.85. The number of benzene rings is 1. The Balaban J connectivity index is 1.52. The van der Waals surface area contributed by atoms with Crippen molar-refractivity contribution < 1.29 is 27.2 Å². The van der Waals surface area contributed by atoms with Crippen LogP contribution in [0.2, 0.25) is 5.02 Å². The molecule has 162 valence electrons. The first-order chi connectivity index (χ1) is 14.8. The summed E-state index contributed by atoms with van der Waals surface area (Å²) in [6.07, 6.45) is -2.35. The predicted molar refractivity (Wildman–Crippen MR) is 106 cm³/mol. The Kier molecular flexibility index (Phi) is 5.86. The summed E-state index contributed by atoms with van der Waals surface area (Å²) in [5.74, 6) is 0.335. The molecule has 1 aliphatic carbocycles. The van der Waals surface area contributed by atoms with E-state index in [4.69, 9.17) is 20.9 Å². The molecule has 1 fully saturated rings. The molecule has 1 amide bonds. The average Bonchev–Trinajstić information content (AvgIpc) is 3.48. The van der Waals surface area contributed by atoms with Crippen LogP contribution in [-0.2, 0) is 6.54 Å². The van der Waals surface area contributed by atoms with Crippen molar-refractivity contribution in [3.63, 3.8) is 0 Å². The fourth-order valence-electron chi connectivity index (χ4n) is 2.91. The van der Waals surface area contributed by atoms with Crippen LogP contribution in [-0.4, -0.2) is 28.8 Å². The van der Waals surface area contributed by atoms with Gasteiger partial charge in [0.15, 0.2) is 12.4 Å². The van der Waals surface area contributed by atoms with Crippen molar-refractivity contribution in [1.82, 2.24) is 15.5 Å². The molecule has 6 nitrogen and oxygen atoms in total. The first-order valence-corrected chi connectivity index (χ1v) is 9.86. The van der Waals surface area contributed by atoms with Crippen LogP contribution in [0.3, 0.4) is 0 Å². The molecule has 2 heterocycles. The molecule has 0 bridgehead atoms. The van der Waals surface area contributed by atoms with Crippen LogP contribution < -0.4 is 10.1 Å². The monoisotopic (exact) mass is 451 g/mol. The Morgan fingerprint density at radius 1 is 1.19 bits per heavy atom. The zero-order valence-corrected chi connectivity index (χ0v) is 16.8. The third-order valence-electron chi connectivity index (χ3n) is 4.60. The van der Waals surface area contributed by atoms with Crippen molar-refractivity contribution in [2.24, 2.45) is 0 Å². The number of ether oxygens (including phenoxy) is 1. The van der Waals surface area contributed by atoms with Gasteiger partial charge in [0.1, 0.15) is 17.1 Å². The summed E-state index contributed by atoms with van der Waals surface area (Å²) in [6.45, 7) is -1.36. The van der Waals surface area contributed by atoms with Gasteiger partial charge < -0.3 is 14.6 Å². The van der Waals surface area contributed by atoms with E-state index >= 15 is 0 Å². The van der Waals surface area contributed by atoms with Gasteiger partial charge in [-0.05, 0) is 37.1 Å². The second-order valence-corrected chi connectivity index (χ2v) is 7.57. The van der Waals surface area contributed by atoms with E-state index in [-0.39, 0.29) is 23.7 Å². The zero-order chi connectivity index (χ0) is 22.0. The largest absolute Gasteiger partial charge is 0.482 e. The summed E-state index contributed by atoms with van der Waals surface area (Å²) in [5, 5.41) is 7.11. The Morgan fingerprint density at radius 2 is 1.94 bits per heavy atom. The number of nitrogens with one attached hydrogen (secondary N) is 1. The van der Waals surface area contributed by atoms with Gasteiger partial charge in [0.25, 0.3) is 5.91 Å². The molecule has 1 saturated carbocycles. The van der Waals surface area contributed by atoms with Crippen LogP contribution in [0.5, 0.6) is 5.75 Å². The van der Waals surface area contributed by atoms with Crippen LogP contribution in [0.25, 0.3) is 11.3 Å². The lowest BCUT2D eigenvalue weighted by atomic mass is 10.1. The van der Waals surface area contributed by atoms with Crippen LogP contribution in [0.4, 0.5) is 13.2 Å².